The summed E-state index contributed by atoms with van der Waals surface area (Å²) in [6, 6.07) is 12.3. The molecule has 2 N–H and O–H groups in total. The number of methoxy groups -OCH3 is 1. The van der Waals surface area contributed by atoms with Gasteiger partial charge in [0.25, 0.3) is 0 Å². The largest absolute Gasteiger partial charge is 0.495 e. The summed E-state index contributed by atoms with van der Waals surface area (Å²) < 4.78 is 15.9. The molecule has 0 saturated heterocycles. The Hall–Kier alpha value is -3.25. The van der Waals surface area contributed by atoms with E-state index in [1.54, 1.807) is 42.5 Å². The SMILES string of the molecule is COc1ccc(-c2ccc(CO)o2)cc1NC(=O)/C=C/c1ccco1. The number of carbonyl (C=O) groups excluding carboxylic acids is 1. The summed E-state index contributed by atoms with van der Waals surface area (Å²) in [6.07, 6.45) is 4.49. The fourth-order valence-corrected chi connectivity index (χ4v) is 2.30. The molecule has 0 spiro atoms. The van der Waals surface area contributed by atoms with Gasteiger partial charge < -0.3 is 24.0 Å². The molecule has 6 heteroatoms. The second-order valence-corrected chi connectivity index (χ2v) is 5.18. The maximum Gasteiger partial charge on any atom is 0.248 e. The van der Waals surface area contributed by atoms with Crippen LogP contribution in [0.5, 0.6) is 5.75 Å². The van der Waals surface area contributed by atoms with Crippen molar-refractivity contribution in [3.63, 3.8) is 0 Å². The molecule has 25 heavy (non-hydrogen) atoms. The van der Waals surface area contributed by atoms with Crippen LogP contribution in [-0.2, 0) is 11.4 Å². The molecule has 1 aromatic carbocycles. The third kappa shape index (κ3) is 3.99. The quantitative estimate of drug-likeness (QED) is 0.669. The van der Waals surface area contributed by atoms with E-state index in [9.17, 15) is 4.79 Å². The van der Waals surface area contributed by atoms with Gasteiger partial charge in [-0.15, -0.1) is 0 Å². The maximum atomic E-state index is 12.1. The van der Waals surface area contributed by atoms with E-state index in [4.69, 9.17) is 18.7 Å². The van der Waals surface area contributed by atoms with Crippen LogP contribution in [0.4, 0.5) is 5.69 Å². The van der Waals surface area contributed by atoms with Crippen LogP contribution in [-0.4, -0.2) is 18.1 Å². The molecule has 1 amide bonds. The molecular weight excluding hydrogens is 322 g/mol. The number of benzene rings is 1. The van der Waals surface area contributed by atoms with Gasteiger partial charge in [-0.25, -0.2) is 0 Å². The molecule has 0 atom stereocenters. The molecule has 0 bridgehead atoms. The summed E-state index contributed by atoms with van der Waals surface area (Å²) in [5, 5.41) is 11.9. The highest BCUT2D eigenvalue weighted by molar-refractivity contribution is 6.03. The van der Waals surface area contributed by atoms with Crippen molar-refractivity contribution >= 4 is 17.7 Å². The molecule has 2 aromatic heterocycles. The van der Waals surface area contributed by atoms with E-state index in [1.165, 1.54) is 19.4 Å². The van der Waals surface area contributed by atoms with E-state index in [2.05, 4.69) is 5.32 Å². The first-order chi connectivity index (χ1) is 12.2. The zero-order valence-electron chi connectivity index (χ0n) is 13.6. The Kier molecular flexibility index (Phi) is 5.01. The second kappa shape index (κ2) is 7.55. The summed E-state index contributed by atoms with van der Waals surface area (Å²) in [5.41, 5.74) is 1.27. The third-order valence-electron chi connectivity index (χ3n) is 3.50. The van der Waals surface area contributed by atoms with Gasteiger partial charge in [-0.05, 0) is 48.5 Å². The lowest BCUT2D eigenvalue weighted by molar-refractivity contribution is -0.111. The second-order valence-electron chi connectivity index (χ2n) is 5.18. The lowest BCUT2D eigenvalue weighted by atomic mass is 10.1. The molecule has 0 radical (unpaired) electrons. The fourth-order valence-electron chi connectivity index (χ4n) is 2.30. The molecule has 3 rings (SSSR count). The van der Waals surface area contributed by atoms with Crippen LogP contribution in [0.2, 0.25) is 0 Å². The maximum absolute atomic E-state index is 12.1. The van der Waals surface area contributed by atoms with Gasteiger partial charge >= 0.3 is 0 Å². The summed E-state index contributed by atoms with van der Waals surface area (Å²) in [5.74, 6) is 1.86. The van der Waals surface area contributed by atoms with Crippen molar-refractivity contribution < 1.29 is 23.5 Å². The normalized spacial score (nSPS) is 11.0. The lowest BCUT2D eigenvalue weighted by Gasteiger charge is -2.10. The van der Waals surface area contributed by atoms with Crippen LogP contribution in [0.15, 0.2) is 63.6 Å². The van der Waals surface area contributed by atoms with Crippen LogP contribution in [0, 0.1) is 0 Å². The number of anilines is 1. The minimum absolute atomic E-state index is 0.169. The number of ether oxygens (including phenoxy) is 1. The molecular formula is C19H17NO5. The van der Waals surface area contributed by atoms with Crippen molar-refractivity contribution in [2.45, 2.75) is 6.61 Å². The van der Waals surface area contributed by atoms with E-state index < -0.39 is 0 Å². The van der Waals surface area contributed by atoms with Gasteiger partial charge in [0.2, 0.25) is 5.91 Å². The first-order valence-electron chi connectivity index (χ1n) is 7.60. The van der Waals surface area contributed by atoms with Gasteiger partial charge in [-0.3, -0.25) is 4.79 Å². The molecule has 0 unspecified atom stereocenters. The number of aliphatic hydroxyl groups excluding tert-OH is 1. The fraction of sp³-hybridized carbons (Fsp3) is 0.105. The molecule has 0 aliphatic heterocycles. The average molecular weight is 339 g/mol. The Bertz CT molecular complexity index is 877. The minimum atomic E-state index is -0.317. The summed E-state index contributed by atoms with van der Waals surface area (Å²) in [4.78, 5) is 12.1. The van der Waals surface area contributed by atoms with Gasteiger partial charge in [0.1, 0.15) is 29.6 Å². The molecule has 0 aliphatic rings. The van der Waals surface area contributed by atoms with Crippen LogP contribution in [0.1, 0.15) is 11.5 Å². The van der Waals surface area contributed by atoms with Crippen LogP contribution < -0.4 is 10.1 Å². The number of aliphatic hydroxyl groups is 1. The molecule has 2 heterocycles. The Morgan fingerprint density at radius 2 is 2.16 bits per heavy atom. The average Bonchev–Trinajstić information content (AvgIpc) is 3.31. The van der Waals surface area contributed by atoms with Crippen molar-refractivity contribution in [2.75, 3.05) is 12.4 Å². The molecule has 0 saturated carbocycles. The third-order valence-corrected chi connectivity index (χ3v) is 3.50. The number of hydrogen-bond donors (Lipinski definition) is 2. The standard InChI is InChI=1S/C19H17NO5/c1-23-18-7-4-13(17-8-5-15(12-21)25-17)11-16(18)20-19(22)9-6-14-3-2-10-24-14/h2-11,21H,12H2,1H3,(H,20,22)/b9-6+. The highest BCUT2D eigenvalue weighted by Crippen LogP contribution is 2.31. The molecule has 128 valence electrons. The number of nitrogens with one attached hydrogen (secondary N) is 1. The van der Waals surface area contributed by atoms with Gasteiger partial charge in [0, 0.05) is 11.6 Å². The van der Waals surface area contributed by atoms with Crippen molar-refractivity contribution in [1.82, 2.24) is 0 Å². The number of amides is 1. The van der Waals surface area contributed by atoms with Gasteiger partial charge in [-0.1, -0.05) is 0 Å². The summed E-state index contributed by atoms with van der Waals surface area (Å²) in [6.45, 7) is -0.169. The van der Waals surface area contributed by atoms with E-state index >= 15 is 0 Å². The van der Waals surface area contributed by atoms with E-state index in [0.29, 0.717) is 28.7 Å². The zero-order chi connectivity index (χ0) is 17.6. The van der Waals surface area contributed by atoms with Crippen LogP contribution in [0.25, 0.3) is 17.4 Å². The highest BCUT2D eigenvalue weighted by Gasteiger charge is 2.10. The lowest BCUT2D eigenvalue weighted by Crippen LogP contribution is -2.09. The molecule has 0 aliphatic carbocycles. The molecule has 3 aromatic rings. The summed E-state index contributed by atoms with van der Waals surface area (Å²) >= 11 is 0. The van der Waals surface area contributed by atoms with Crippen molar-refractivity contribution in [2.24, 2.45) is 0 Å². The Labute approximate surface area is 144 Å². The Balaban J connectivity index is 1.81. The highest BCUT2D eigenvalue weighted by atomic mass is 16.5. The van der Waals surface area contributed by atoms with E-state index in [0.717, 1.165) is 5.56 Å². The van der Waals surface area contributed by atoms with Crippen LogP contribution in [0.3, 0.4) is 0 Å². The van der Waals surface area contributed by atoms with Crippen LogP contribution >= 0.6 is 0 Å². The first kappa shape index (κ1) is 16.6. The number of furan rings is 2. The monoisotopic (exact) mass is 339 g/mol. The van der Waals surface area contributed by atoms with Gasteiger partial charge in [0.05, 0.1) is 19.1 Å². The van der Waals surface area contributed by atoms with Crippen molar-refractivity contribution in [3.8, 4) is 17.1 Å². The minimum Gasteiger partial charge on any atom is -0.495 e. The van der Waals surface area contributed by atoms with Gasteiger partial charge in [-0.2, -0.15) is 0 Å². The topological polar surface area (TPSA) is 84.8 Å². The number of carbonyl (C=O) groups is 1. The van der Waals surface area contributed by atoms with Crippen molar-refractivity contribution in [3.05, 3.63) is 66.3 Å². The number of hydrogen-bond acceptors (Lipinski definition) is 5. The summed E-state index contributed by atoms with van der Waals surface area (Å²) in [7, 11) is 1.53. The molecule has 0 fully saturated rings. The Morgan fingerprint density at radius 1 is 1.28 bits per heavy atom. The van der Waals surface area contributed by atoms with E-state index in [-0.39, 0.29) is 12.5 Å². The predicted molar refractivity (Wildman–Crippen MR) is 93.0 cm³/mol. The Morgan fingerprint density at radius 3 is 2.84 bits per heavy atom. The zero-order valence-corrected chi connectivity index (χ0v) is 13.6. The van der Waals surface area contributed by atoms with E-state index in [1.807, 2.05) is 6.07 Å². The smallest absolute Gasteiger partial charge is 0.248 e. The number of rotatable bonds is 6. The first-order valence-corrected chi connectivity index (χ1v) is 7.60. The predicted octanol–water partition coefficient (Wildman–Crippen LogP) is 3.69. The van der Waals surface area contributed by atoms with Gasteiger partial charge in [0.15, 0.2) is 0 Å². The van der Waals surface area contributed by atoms with Crippen molar-refractivity contribution in [1.29, 1.82) is 0 Å². The molecule has 6 nitrogen and oxygen atoms in total.